The van der Waals surface area contributed by atoms with Crippen molar-refractivity contribution in [3.63, 3.8) is 0 Å². The Bertz CT molecular complexity index is 412. The van der Waals surface area contributed by atoms with Crippen molar-refractivity contribution in [3.8, 4) is 0 Å². The maximum Gasteiger partial charge on any atom is 0.0632 e. The molecular formula is C18H30O2. The zero-order chi connectivity index (χ0) is 15.3. The molecule has 1 rings (SSSR count). The maximum atomic E-state index is 10.1. The molecule has 0 radical (unpaired) electrons. The molecule has 1 aromatic rings. The molecule has 0 heterocycles. The quantitative estimate of drug-likeness (QED) is 0.798. The first-order chi connectivity index (χ1) is 9.28. The van der Waals surface area contributed by atoms with Gasteiger partial charge in [-0.1, -0.05) is 45.4 Å². The van der Waals surface area contributed by atoms with Crippen molar-refractivity contribution in [3.05, 3.63) is 34.9 Å². The maximum absolute atomic E-state index is 10.1. The molecule has 2 heteroatoms. The van der Waals surface area contributed by atoms with Crippen molar-refractivity contribution in [2.75, 3.05) is 6.61 Å². The second-order valence-electron chi connectivity index (χ2n) is 6.79. The number of hydrogen-bond donors (Lipinski definition) is 2. The highest BCUT2D eigenvalue weighted by atomic mass is 16.3. The van der Waals surface area contributed by atoms with Crippen LogP contribution in [0.25, 0.3) is 0 Å². The Balaban J connectivity index is 3.19. The van der Waals surface area contributed by atoms with Crippen LogP contribution in [0.3, 0.4) is 0 Å². The van der Waals surface area contributed by atoms with E-state index in [1.165, 1.54) is 16.7 Å². The molecule has 0 aliphatic carbocycles. The zero-order valence-electron chi connectivity index (χ0n) is 13.6. The summed E-state index contributed by atoms with van der Waals surface area (Å²) in [6.45, 7) is 10.4. The highest BCUT2D eigenvalue weighted by molar-refractivity contribution is 5.38. The molecule has 0 aliphatic heterocycles. The third-order valence-electron chi connectivity index (χ3n) is 3.88. The van der Waals surface area contributed by atoms with Crippen LogP contribution in [0.2, 0.25) is 0 Å². The van der Waals surface area contributed by atoms with Gasteiger partial charge in [-0.15, -0.1) is 0 Å². The van der Waals surface area contributed by atoms with Crippen LogP contribution in [0.1, 0.15) is 63.6 Å². The molecule has 0 saturated carbocycles. The second kappa shape index (κ2) is 7.24. The van der Waals surface area contributed by atoms with E-state index in [1.807, 2.05) is 13.8 Å². The molecule has 0 bridgehead atoms. The van der Waals surface area contributed by atoms with Gasteiger partial charge in [0.2, 0.25) is 0 Å². The van der Waals surface area contributed by atoms with Crippen molar-refractivity contribution in [2.45, 2.75) is 65.4 Å². The van der Waals surface area contributed by atoms with Crippen LogP contribution < -0.4 is 0 Å². The largest absolute Gasteiger partial charge is 0.396 e. The molecule has 1 aromatic carbocycles. The zero-order valence-corrected chi connectivity index (χ0v) is 13.6. The number of rotatable bonds is 7. The minimum atomic E-state index is -0.703. The van der Waals surface area contributed by atoms with E-state index < -0.39 is 5.60 Å². The highest BCUT2D eigenvalue weighted by Crippen LogP contribution is 2.28. The average molecular weight is 278 g/mol. The summed E-state index contributed by atoms with van der Waals surface area (Å²) >= 11 is 0. The lowest BCUT2D eigenvalue weighted by Crippen LogP contribution is -2.24. The molecule has 0 unspecified atom stereocenters. The van der Waals surface area contributed by atoms with Gasteiger partial charge < -0.3 is 10.2 Å². The van der Waals surface area contributed by atoms with Crippen LogP contribution in [0, 0.1) is 5.92 Å². The van der Waals surface area contributed by atoms with Crippen LogP contribution in [0.15, 0.2) is 18.2 Å². The van der Waals surface area contributed by atoms with Crippen LogP contribution in [0.5, 0.6) is 0 Å². The topological polar surface area (TPSA) is 40.5 Å². The van der Waals surface area contributed by atoms with E-state index in [-0.39, 0.29) is 6.61 Å². The van der Waals surface area contributed by atoms with E-state index in [2.05, 4.69) is 39.0 Å². The summed E-state index contributed by atoms with van der Waals surface area (Å²) in [6, 6.07) is 6.38. The summed E-state index contributed by atoms with van der Waals surface area (Å²) in [4.78, 5) is 0. The van der Waals surface area contributed by atoms with Gasteiger partial charge in [0.05, 0.1) is 5.60 Å². The first-order valence-electron chi connectivity index (χ1n) is 7.72. The summed E-state index contributed by atoms with van der Waals surface area (Å²) in [6.07, 6.45) is 2.53. The summed E-state index contributed by atoms with van der Waals surface area (Å²) in [5, 5.41) is 19.6. The van der Waals surface area contributed by atoms with Gasteiger partial charge in [-0.05, 0) is 48.8 Å². The van der Waals surface area contributed by atoms with E-state index in [0.717, 1.165) is 12.8 Å². The Hall–Kier alpha value is -0.860. The van der Waals surface area contributed by atoms with Gasteiger partial charge in [0.25, 0.3) is 0 Å². The van der Waals surface area contributed by atoms with Crippen LogP contribution in [-0.2, 0) is 12.8 Å². The molecule has 0 aromatic heterocycles. The highest BCUT2D eigenvalue weighted by Gasteiger charge is 2.20. The lowest BCUT2D eigenvalue weighted by Gasteiger charge is -2.24. The van der Waals surface area contributed by atoms with Gasteiger partial charge >= 0.3 is 0 Å². The van der Waals surface area contributed by atoms with Crippen molar-refractivity contribution < 1.29 is 10.2 Å². The monoisotopic (exact) mass is 278 g/mol. The van der Waals surface area contributed by atoms with Gasteiger partial charge in [0.15, 0.2) is 0 Å². The molecule has 2 nitrogen and oxygen atoms in total. The Morgan fingerprint density at radius 1 is 1.20 bits per heavy atom. The van der Waals surface area contributed by atoms with E-state index in [0.29, 0.717) is 18.3 Å². The van der Waals surface area contributed by atoms with Gasteiger partial charge in [-0.25, -0.2) is 0 Å². The standard InChI is InChI=1S/C18H30O2/c1-6-14(12-19)10-17-15(11-18(4,5)20)8-7-9-16(17)13(2)3/h7-9,13-14,19-20H,6,10-12H2,1-5H3/t14-/m1/s1. The van der Waals surface area contributed by atoms with E-state index in [4.69, 9.17) is 0 Å². The van der Waals surface area contributed by atoms with Crippen LogP contribution >= 0.6 is 0 Å². The fraction of sp³-hybridized carbons (Fsp3) is 0.667. The second-order valence-corrected chi connectivity index (χ2v) is 6.79. The molecular weight excluding hydrogens is 248 g/mol. The first-order valence-corrected chi connectivity index (χ1v) is 7.72. The molecule has 1 atom stereocenters. The number of benzene rings is 1. The van der Waals surface area contributed by atoms with E-state index in [1.54, 1.807) is 0 Å². The van der Waals surface area contributed by atoms with Gasteiger partial charge in [-0.2, -0.15) is 0 Å². The predicted molar refractivity (Wildman–Crippen MR) is 85.1 cm³/mol. The van der Waals surface area contributed by atoms with Crippen molar-refractivity contribution in [1.29, 1.82) is 0 Å². The molecule has 114 valence electrons. The third kappa shape index (κ3) is 4.92. The molecule has 20 heavy (non-hydrogen) atoms. The summed E-state index contributed by atoms with van der Waals surface area (Å²) in [5.41, 5.74) is 3.19. The van der Waals surface area contributed by atoms with Crippen molar-refractivity contribution >= 4 is 0 Å². The number of aliphatic hydroxyl groups is 2. The lowest BCUT2D eigenvalue weighted by molar-refractivity contribution is 0.0806. The summed E-state index contributed by atoms with van der Waals surface area (Å²) < 4.78 is 0. The Labute approximate surface area is 123 Å². The third-order valence-corrected chi connectivity index (χ3v) is 3.88. The number of hydrogen-bond acceptors (Lipinski definition) is 2. The Kier molecular flexibility index (Phi) is 6.22. The molecule has 0 saturated heterocycles. The lowest BCUT2D eigenvalue weighted by atomic mass is 9.83. The van der Waals surface area contributed by atoms with Gasteiger partial charge in [0, 0.05) is 13.0 Å². The molecule has 0 fully saturated rings. The van der Waals surface area contributed by atoms with Gasteiger partial charge in [0.1, 0.15) is 0 Å². The number of aliphatic hydroxyl groups excluding tert-OH is 1. The van der Waals surface area contributed by atoms with E-state index >= 15 is 0 Å². The minimum absolute atomic E-state index is 0.227. The van der Waals surface area contributed by atoms with Gasteiger partial charge in [-0.3, -0.25) is 0 Å². The van der Waals surface area contributed by atoms with Crippen molar-refractivity contribution in [2.24, 2.45) is 5.92 Å². The molecule has 0 spiro atoms. The molecule has 2 N–H and O–H groups in total. The van der Waals surface area contributed by atoms with Crippen LogP contribution in [-0.4, -0.2) is 22.4 Å². The normalized spacial score (nSPS) is 13.8. The smallest absolute Gasteiger partial charge is 0.0632 e. The fourth-order valence-corrected chi connectivity index (χ4v) is 2.70. The van der Waals surface area contributed by atoms with Crippen molar-refractivity contribution in [1.82, 2.24) is 0 Å². The first kappa shape index (κ1) is 17.2. The Morgan fingerprint density at radius 2 is 1.85 bits per heavy atom. The Morgan fingerprint density at radius 3 is 2.30 bits per heavy atom. The minimum Gasteiger partial charge on any atom is -0.396 e. The SMILES string of the molecule is CC[C@@H](CO)Cc1c(CC(C)(C)O)cccc1C(C)C. The average Bonchev–Trinajstić information content (AvgIpc) is 2.35. The predicted octanol–water partition coefficient (Wildman–Crippen LogP) is 3.68. The summed E-state index contributed by atoms with van der Waals surface area (Å²) in [5.74, 6) is 0.762. The van der Waals surface area contributed by atoms with Crippen LogP contribution in [0.4, 0.5) is 0 Å². The molecule has 0 amide bonds. The van der Waals surface area contributed by atoms with E-state index in [9.17, 15) is 10.2 Å². The molecule has 0 aliphatic rings. The summed E-state index contributed by atoms with van der Waals surface area (Å²) in [7, 11) is 0. The fourth-order valence-electron chi connectivity index (χ4n) is 2.70.